The maximum Gasteiger partial charge on any atom is 0.276 e. The van der Waals surface area contributed by atoms with Crippen molar-refractivity contribution < 1.29 is 27.0 Å². The number of benzene rings is 2. The van der Waals surface area contributed by atoms with Gasteiger partial charge in [-0.1, -0.05) is 48.5 Å². The van der Waals surface area contributed by atoms with E-state index in [1.165, 1.54) is 30.9 Å². The number of aromatic nitrogens is 4. The second-order valence-electron chi connectivity index (χ2n) is 16.3. The summed E-state index contributed by atoms with van der Waals surface area (Å²) in [5.74, 6) is 0.199. The van der Waals surface area contributed by atoms with Crippen LogP contribution in [0.2, 0.25) is 0 Å². The summed E-state index contributed by atoms with van der Waals surface area (Å²) in [5, 5.41) is 33.3. The molecule has 0 bridgehead atoms. The van der Waals surface area contributed by atoms with Crippen LogP contribution in [0.15, 0.2) is 73.6 Å². The van der Waals surface area contributed by atoms with E-state index in [9.17, 15) is 27.0 Å². The largest absolute Gasteiger partial charge is 0.392 e. The summed E-state index contributed by atoms with van der Waals surface area (Å²) in [6.07, 6.45) is 12.9. The maximum atomic E-state index is 11.6. The summed E-state index contributed by atoms with van der Waals surface area (Å²) >= 11 is 0. The molecule has 2 saturated heterocycles. The van der Waals surface area contributed by atoms with Crippen molar-refractivity contribution in [2.75, 3.05) is 26.2 Å². The van der Waals surface area contributed by atoms with E-state index < -0.39 is 32.6 Å². The van der Waals surface area contributed by atoms with Gasteiger partial charge in [0.25, 0.3) is 20.4 Å². The Morgan fingerprint density at radius 1 is 0.593 bits per heavy atom. The zero-order valence-electron chi connectivity index (χ0n) is 30.1. The van der Waals surface area contributed by atoms with Crippen molar-refractivity contribution in [3.8, 4) is 22.5 Å². The number of aliphatic hydroxyl groups is 2. The number of hydrogen-bond acceptors (Lipinski definition) is 8. The predicted octanol–water partition coefficient (Wildman–Crippen LogP) is 3.02. The Balaban J connectivity index is 0.000000142. The molecule has 2 aromatic heterocycles. The van der Waals surface area contributed by atoms with E-state index in [2.05, 4.69) is 43.4 Å². The Morgan fingerprint density at radius 3 is 1.33 bits per heavy atom. The molecule has 0 radical (unpaired) electrons. The number of rotatable bonds is 4. The quantitative estimate of drug-likeness (QED) is 0.242. The lowest BCUT2D eigenvalue weighted by Gasteiger charge is -2.41. The lowest BCUT2D eigenvalue weighted by atomic mass is 9.73. The van der Waals surface area contributed by atoms with Gasteiger partial charge in [0.1, 0.15) is 0 Å². The number of piperidine rings is 2. The van der Waals surface area contributed by atoms with Crippen LogP contribution in [0.3, 0.4) is 0 Å². The number of nitrogens with two attached hydrogens (primary N) is 2. The van der Waals surface area contributed by atoms with Crippen LogP contribution in [0, 0.1) is 22.7 Å². The summed E-state index contributed by atoms with van der Waals surface area (Å²) in [5.41, 5.74) is 6.65. The predicted molar refractivity (Wildman–Crippen MR) is 202 cm³/mol. The molecule has 4 aliphatic heterocycles. The van der Waals surface area contributed by atoms with E-state index >= 15 is 0 Å². The van der Waals surface area contributed by atoms with Gasteiger partial charge in [0.15, 0.2) is 0 Å². The number of hydrogen-bond donors (Lipinski definition) is 4. The average Bonchev–Trinajstić information content (AvgIpc) is 4.00. The first-order valence-corrected chi connectivity index (χ1v) is 22.0. The molecule has 2 spiro atoms. The minimum absolute atomic E-state index is 0.0874. The van der Waals surface area contributed by atoms with Gasteiger partial charge in [0.2, 0.25) is 0 Å². The summed E-state index contributed by atoms with van der Waals surface area (Å²) in [6, 6.07) is 16.9. The summed E-state index contributed by atoms with van der Waals surface area (Å²) in [4.78, 5) is 8.65. The summed E-state index contributed by atoms with van der Waals surface area (Å²) < 4.78 is 53.5. The molecule has 10 rings (SSSR count). The molecule has 2 saturated carbocycles. The van der Waals surface area contributed by atoms with Crippen LogP contribution in [-0.2, 0) is 20.4 Å². The van der Waals surface area contributed by atoms with Crippen LogP contribution in [-0.4, -0.2) is 93.1 Å². The SMILES string of the molecule is NS(=O)(=O)N1CCC2(CC[C@@H]([C@H]3c4ccccc4-c4cncn43)[C@@H]2O)CC1.NS(=O)(=O)N1CCC2(CC[C@H]([C@@H]3c4ccccc4-c4cncn43)[C@H]2O)CC1. The molecule has 2 aromatic carbocycles. The average molecular weight is 777 g/mol. The van der Waals surface area contributed by atoms with E-state index in [1.807, 2.05) is 49.3 Å². The molecule has 0 amide bonds. The normalized spacial score (nSPS) is 29.8. The van der Waals surface area contributed by atoms with Crippen LogP contribution in [0.1, 0.15) is 74.6 Å². The highest BCUT2D eigenvalue weighted by Gasteiger charge is 2.55. The zero-order chi connectivity index (χ0) is 37.6. The van der Waals surface area contributed by atoms with Crippen molar-refractivity contribution in [2.24, 2.45) is 32.9 Å². The molecular weight excluding hydrogens is 729 g/mol. The van der Waals surface area contributed by atoms with Gasteiger partial charge >= 0.3 is 0 Å². The topological polar surface area (TPSA) is 203 Å². The molecule has 16 heteroatoms. The third-order valence-electron chi connectivity index (χ3n) is 14.0. The van der Waals surface area contributed by atoms with E-state index in [-0.39, 0.29) is 34.7 Å². The Hall–Kier alpha value is -3.48. The standard InChI is InChI=1S/2C19H24N4O3S/c2*20-27(25,26)22-9-7-19(8-10-22)6-5-15(18(19)24)17-14-4-2-1-3-13(14)16-11-21-12-23(16)17/h2*1-4,11-12,15,17-18,24H,5-10H2,(H2,20,25,26)/t2*15-,17+,18-/m10/s1. The van der Waals surface area contributed by atoms with Gasteiger partial charge in [-0.05, 0) is 73.3 Å². The molecule has 6 atom stereocenters. The lowest BCUT2D eigenvalue weighted by Crippen LogP contribution is -2.49. The highest BCUT2D eigenvalue weighted by Crippen LogP contribution is 2.57. The minimum atomic E-state index is -3.65. The first kappa shape index (κ1) is 36.2. The second kappa shape index (κ2) is 13.0. The number of nitrogens with zero attached hydrogens (tertiary/aromatic N) is 6. The van der Waals surface area contributed by atoms with E-state index in [1.54, 1.807) is 0 Å². The fraction of sp³-hybridized carbons (Fsp3) is 0.526. The first-order chi connectivity index (χ1) is 25.8. The van der Waals surface area contributed by atoms with Crippen LogP contribution in [0.25, 0.3) is 22.5 Å². The van der Waals surface area contributed by atoms with Crippen molar-refractivity contribution in [3.05, 3.63) is 84.7 Å². The highest BCUT2D eigenvalue weighted by molar-refractivity contribution is 7.87. The number of fused-ring (bicyclic) bond motifs is 6. The Bertz CT molecular complexity index is 2120. The third-order valence-corrected chi connectivity index (χ3v) is 16.2. The van der Waals surface area contributed by atoms with Crippen molar-refractivity contribution in [3.63, 3.8) is 0 Å². The van der Waals surface area contributed by atoms with Crippen molar-refractivity contribution >= 4 is 20.4 Å². The van der Waals surface area contributed by atoms with Gasteiger partial charge in [-0.15, -0.1) is 0 Å². The summed E-state index contributed by atoms with van der Waals surface area (Å²) in [6.45, 7) is 1.56. The fourth-order valence-corrected chi connectivity index (χ4v) is 12.6. The first-order valence-electron chi connectivity index (χ1n) is 19.0. The minimum Gasteiger partial charge on any atom is -0.392 e. The monoisotopic (exact) mass is 776 g/mol. The van der Waals surface area contributed by atoms with E-state index in [0.717, 1.165) is 37.1 Å². The smallest absolute Gasteiger partial charge is 0.276 e. The van der Waals surface area contributed by atoms with Gasteiger partial charge < -0.3 is 19.3 Å². The molecule has 288 valence electrons. The van der Waals surface area contributed by atoms with Gasteiger partial charge in [-0.3, -0.25) is 0 Å². The molecule has 2 aliphatic carbocycles. The van der Waals surface area contributed by atoms with Gasteiger partial charge in [-0.2, -0.15) is 25.4 Å². The van der Waals surface area contributed by atoms with E-state index in [0.29, 0.717) is 51.9 Å². The molecule has 6 N–H and O–H groups in total. The van der Waals surface area contributed by atoms with Crippen molar-refractivity contribution in [1.29, 1.82) is 0 Å². The second-order valence-corrected chi connectivity index (χ2v) is 19.4. The number of imidazole rings is 2. The van der Waals surface area contributed by atoms with E-state index in [4.69, 9.17) is 10.3 Å². The Kier molecular flexibility index (Phi) is 8.74. The van der Waals surface area contributed by atoms with Gasteiger partial charge in [0.05, 0.1) is 60.7 Å². The molecule has 4 fully saturated rings. The highest BCUT2D eigenvalue weighted by atomic mass is 32.2. The lowest BCUT2D eigenvalue weighted by molar-refractivity contribution is -0.0146. The molecule has 6 aliphatic rings. The Morgan fingerprint density at radius 2 is 0.963 bits per heavy atom. The molecule has 6 heterocycles. The van der Waals surface area contributed by atoms with Gasteiger partial charge in [0, 0.05) is 49.1 Å². The van der Waals surface area contributed by atoms with Crippen molar-refractivity contribution in [2.45, 2.75) is 75.7 Å². The molecule has 14 nitrogen and oxygen atoms in total. The van der Waals surface area contributed by atoms with Gasteiger partial charge in [-0.25, -0.2) is 20.2 Å². The van der Waals surface area contributed by atoms with Crippen molar-refractivity contribution in [1.82, 2.24) is 27.7 Å². The number of aliphatic hydroxyl groups excluding tert-OH is 2. The molecule has 4 aromatic rings. The van der Waals surface area contributed by atoms with Crippen LogP contribution >= 0.6 is 0 Å². The summed E-state index contributed by atoms with van der Waals surface area (Å²) in [7, 11) is -7.30. The van der Waals surface area contributed by atoms with Crippen LogP contribution < -0.4 is 10.3 Å². The Labute approximate surface area is 316 Å². The zero-order valence-corrected chi connectivity index (χ0v) is 31.7. The third kappa shape index (κ3) is 5.71. The molecule has 54 heavy (non-hydrogen) atoms. The molecular formula is C38H48N8O6S2. The fourth-order valence-electron chi connectivity index (χ4n) is 11.2. The maximum absolute atomic E-state index is 11.6. The van der Waals surface area contributed by atoms with Crippen LogP contribution in [0.5, 0.6) is 0 Å². The molecule has 0 unspecified atom stereocenters. The van der Waals surface area contributed by atoms with Crippen LogP contribution in [0.4, 0.5) is 0 Å².